The molecule has 1 saturated heterocycles. The van der Waals surface area contributed by atoms with Gasteiger partial charge in [0.05, 0.1) is 11.5 Å². The average Bonchev–Trinajstić information content (AvgIpc) is 3.04. The quantitative estimate of drug-likeness (QED) is 0.628. The molecule has 1 aromatic carbocycles. The molecule has 2 N–H and O–H groups in total. The third-order valence-corrected chi connectivity index (χ3v) is 5.23. The number of carbonyl (C=O) groups is 1. The number of amides is 1. The first-order valence-electron chi connectivity index (χ1n) is 8.35. The molecule has 1 atom stereocenters. The Morgan fingerprint density at radius 1 is 1.32 bits per heavy atom. The molecule has 0 spiro atoms. The van der Waals surface area contributed by atoms with Crippen LogP contribution in [0.15, 0.2) is 29.2 Å². The lowest BCUT2D eigenvalue weighted by atomic mass is 10.1. The molecule has 0 aliphatic carbocycles. The maximum atomic E-state index is 11.7. The summed E-state index contributed by atoms with van der Waals surface area (Å²) in [4.78, 5) is 12.0. The number of hydrogen-bond acceptors (Lipinski definition) is 5. The molecule has 8 heteroatoms. The summed E-state index contributed by atoms with van der Waals surface area (Å²) in [5, 5.41) is 6.26. The molecule has 0 aromatic heterocycles. The van der Waals surface area contributed by atoms with Crippen molar-refractivity contribution in [2.24, 2.45) is 5.92 Å². The second kappa shape index (κ2) is 10.6. The van der Waals surface area contributed by atoms with Gasteiger partial charge < -0.3 is 15.4 Å². The molecule has 1 aromatic rings. The van der Waals surface area contributed by atoms with E-state index in [0.29, 0.717) is 31.1 Å². The van der Waals surface area contributed by atoms with E-state index in [0.717, 1.165) is 26.1 Å². The van der Waals surface area contributed by atoms with E-state index >= 15 is 0 Å². The van der Waals surface area contributed by atoms with Crippen molar-refractivity contribution in [3.05, 3.63) is 24.3 Å². The van der Waals surface area contributed by atoms with Crippen molar-refractivity contribution >= 4 is 28.2 Å². The lowest BCUT2D eigenvalue weighted by Gasteiger charge is -2.10. The SMILES string of the molecule is CS(=O)(=O)c1ccc(OCCCC(=O)NCCC2CCNC2)cc1.Cl. The zero-order valence-corrected chi connectivity index (χ0v) is 16.1. The van der Waals surface area contributed by atoms with Crippen LogP contribution in [0.2, 0.25) is 0 Å². The highest BCUT2D eigenvalue weighted by Crippen LogP contribution is 2.16. The van der Waals surface area contributed by atoms with Gasteiger partial charge in [-0.3, -0.25) is 4.79 Å². The highest BCUT2D eigenvalue weighted by molar-refractivity contribution is 7.90. The molecule has 1 amide bonds. The molecule has 1 fully saturated rings. The van der Waals surface area contributed by atoms with Crippen molar-refractivity contribution in [1.82, 2.24) is 10.6 Å². The number of hydrogen-bond donors (Lipinski definition) is 2. The molecule has 0 saturated carbocycles. The number of rotatable bonds is 9. The Kier molecular flexibility index (Phi) is 9.24. The highest BCUT2D eigenvalue weighted by atomic mass is 35.5. The number of benzene rings is 1. The zero-order chi connectivity index (χ0) is 17.4. The molecule has 6 nitrogen and oxygen atoms in total. The third-order valence-electron chi connectivity index (χ3n) is 4.11. The maximum Gasteiger partial charge on any atom is 0.220 e. The smallest absolute Gasteiger partial charge is 0.220 e. The summed E-state index contributed by atoms with van der Waals surface area (Å²) in [5.41, 5.74) is 0. The number of ether oxygens (including phenoxy) is 1. The molecule has 1 heterocycles. The molecular weight excluding hydrogens is 364 g/mol. The standard InChI is InChI=1S/C17H26N2O4S.ClH/c1-24(21,22)16-6-4-15(5-7-16)23-12-2-3-17(20)19-11-9-14-8-10-18-13-14;/h4-7,14,18H,2-3,8-13H2,1H3,(H,19,20);1H. The largest absolute Gasteiger partial charge is 0.494 e. The Labute approximate surface area is 156 Å². The van der Waals surface area contributed by atoms with Crippen LogP contribution in [0.4, 0.5) is 0 Å². The van der Waals surface area contributed by atoms with Gasteiger partial charge in [0.15, 0.2) is 9.84 Å². The van der Waals surface area contributed by atoms with Crippen LogP contribution in [0.25, 0.3) is 0 Å². The molecule has 1 aliphatic heterocycles. The molecule has 0 bridgehead atoms. The normalized spacial score (nSPS) is 16.9. The van der Waals surface area contributed by atoms with E-state index in [1.165, 1.54) is 24.8 Å². The second-order valence-corrected chi connectivity index (χ2v) is 8.21. The molecular formula is C17H27ClN2O4S. The molecule has 0 radical (unpaired) electrons. The molecule has 2 rings (SSSR count). The third kappa shape index (κ3) is 8.07. The van der Waals surface area contributed by atoms with Crippen molar-refractivity contribution < 1.29 is 17.9 Å². The summed E-state index contributed by atoms with van der Waals surface area (Å²) in [6.45, 7) is 3.31. The van der Waals surface area contributed by atoms with Gasteiger partial charge in [-0.1, -0.05) is 0 Å². The molecule has 25 heavy (non-hydrogen) atoms. The Bertz CT molecular complexity index is 629. The number of sulfone groups is 1. The van der Waals surface area contributed by atoms with Gasteiger partial charge in [0, 0.05) is 19.2 Å². The van der Waals surface area contributed by atoms with Crippen LogP contribution < -0.4 is 15.4 Å². The minimum Gasteiger partial charge on any atom is -0.494 e. The van der Waals surface area contributed by atoms with Gasteiger partial charge in [0.25, 0.3) is 0 Å². The minimum atomic E-state index is -3.18. The van der Waals surface area contributed by atoms with E-state index < -0.39 is 9.84 Å². The van der Waals surface area contributed by atoms with Crippen molar-refractivity contribution in [3.63, 3.8) is 0 Å². The summed E-state index contributed by atoms with van der Waals surface area (Å²) in [6, 6.07) is 6.31. The van der Waals surface area contributed by atoms with Crippen molar-refractivity contribution in [1.29, 1.82) is 0 Å². The van der Waals surface area contributed by atoms with Crippen LogP contribution in [0, 0.1) is 5.92 Å². The summed E-state index contributed by atoms with van der Waals surface area (Å²) >= 11 is 0. The van der Waals surface area contributed by atoms with Gasteiger partial charge in [0.1, 0.15) is 5.75 Å². The lowest BCUT2D eigenvalue weighted by Crippen LogP contribution is -2.26. The van der Waals surface area contributed by atoms with Crippen LogP contribution in [0.5, 0.6) is 5.75 Å². The lowest BCUT2D eigenvalue weighted by molar-refractivity contribution is -0.121. The van der Waals surface area contributed by atoms with Gasteiger partial charge in [-0.2, -0.15) is 0 Å². The Morgan fingerprint density at radius 2 is 2.04 bits per heavy atom. The first-order chi connectivity index (χ1) is 11.4. The van der Waals surface area contributed by atoms with E-state index in [4.69, 9.17) is 4.74 Å². The van der Waals surface area contributed by atoms with E-state index in [1.807, 2.05) is 0 Å². The summed E-state index contributed by atoms with van der Waals surface area (Å²) < 4.78 is 28.2. The minimum absolute atomic E-state index is 0. The van der Waals surface area contributed by atoms with E-state index in [-0.39, 0.29) is 23.2 Å². The predicted octanol–water partition coefficient (Wildman–Crippen LogP) is 1.79. The van der Waals surface area contributed by atoms with Crippen molar-refractivity contribution in [2.75, 3.05) is 32.5 Å². The molecule has 1 unspecified atom stereocenters. The Hall–Kier alpha value is -1.31. The fraction of sp³-hybridized carbons (Fsp3) is 0.588. The van der Waals surface area contributed by atoms with E-state index in [9.17, 15) is 13.2 Å². The molecule has 142 valence electrons. The van der Waals surface area contributed by atoms with Crippen LogP contribution in [-0.4, -0.2) is 46.8 Å². The Balaban J connectivity index is 0.00000312. The number of halogens is 1. The fourth-order valence-corrected chi connectivity index (χ4v) is 3.30. The monoisotopic (exact) mass is 390 g/mol. The average molecular weight is 391 g/mol. The summed E-state index contributed by atoms with van der Waals surface area (Å²) in [5.74, 6) is 1.34. The van der Waals surface area contributed by atoms with Gasteiger partial charge in [-0.05, 0) is 62.5 Å². The van der Waals surface area contributed by atoms with E-state index in [1.54, 1.807) is 12.1 Å². The van der Waals surface area contributed by atoms with Crippen molar-refractivity contribution in [3.8, 4) is 5.75 Å². The topological polar surface area (TPSA) is 84.5 Å². The number of carbonyl (C=O) groups excluding carboxylic acids is 1. The second-order valence-electron chi connectivity index (χ2n) is 6.19. The predicted molar refractivity (Wildman–Crippen MR) is 100 cm³/mol. The van der Waals surface area contributed by atoms with E-state index in [2.05, 4.69) is 10.6 Å². The van der Waals surface area contributed by atoms with Gasteiger partial charge in [0.2, 0.25) is 5.91 Å². The summed E-state index contributed by atoms with van der Waals surface area (Å²) in [7, 11) is -3.18. The van der Waals surface area contributed by atoms with Crippen LogP contribution in [0.1, 0.15) is 25.7 Å². The summed E-state index contributed by atoms with van der Waals surface area (Å²) in [6.07, 6.45) is 4.46. The van der Waals surface area contributed by atoms with Gasteiger partial charge in [-0.25, -0.2) is 8.42 Å². The first kappa shape index (κ1) is 21.7. The highest BCUT2D eigenvalue weighted by Gasteiger charge is 2.14. The Morgan fingerprint density at radius 3 is 2.64 bits per heavy atom. The molecule has 1 aliphatic rings. The van der Waals surface area contributed by atoms with Crippen LogP contribution in [-0.2, 0) is 14.6 Å². The van der Waals surface area contributed by atoms with Crippen LogP contribution >= 0.6 is 12.4 Å². The maximum absolute atomic E-state index is 11.7. The fourth-order valence-electron chi connectivity index (χ4n) is 2.67. The zero-order valence-electron chi connectivity index (χ0n) is 14.5. The first-order valence-corrected chi connectivity index (χ1v) is 10.2. The van der Waals surface area contributed by atoms with Gasteiger partial charge in [-0.15, -0.1) is 12.4 Å². The van der Waals surface area contributed by atoms with Gasteiger partial charge >= 0.3 is 0 Å². The van der Waals surface area contributed by atoms with Crippen molar-refractivity contribution in [2.45, 2.75) is 30.6 Å². The number of nitrogens with one attached hydrogen (secondary N) is 2. The van der Waals surface area contributed by atoms with Crippen LogP contribution in [0.3, 0.4) is 0 Å².